The van der Waals surface area contributed by atoms with E-state index in [4.69, 9.17) is 23.1 Å². The minimum atomic E-state index is 0.0821. The van der Waals surface area contributed by atoms with Crippen LogP contribution < -0.4 is 11.5 Å². The van der Waals surface area contributed by atoms with Crippen molar-refractivity contribution in [2.24, 2.45) is 5.73 Å². The normalized spacial score (nSPS) is 21.0. The molecule has 0 aromatic heterocycles. The molecule has 0 saturated carbocycles. The molecule has 0 amide bonds. The van der Waals surface area contributed by atoms with Gasteiger partial charge in [0.15, 0.2) is 0 Å². The van der Waals surface area contributed by atoms with Gasteiger partial charge in [0.05, 0.1) is 0 Å². The second-order valence-corrected chi connectivity index (χ2v) is 3.58. The van der Waals surface area contributed by atoms with Crippen LogP contribution >= 0.6 is 11.6 Å². The smallest absolute Gasteiger partial charge is 0.0442 e. The Labute approximate surface area is 76.5 Å². The summed E-state index contributed by atoms with van der Waals surface area (Å²) >= 11 is 6.00. The summed E-state index contributed by atoms with van der Waals surface area (Å²) in [6.07, 6.45) is 1.92. The highest BCUT2D eigenvalue weighted by Gasteiger charge is 2.23. The maximum atomic E-state index is 6.00. The summed E-state index contributed by atoms with van der Waals surface area (Å²) in [4.78, 5) is 0. The number of nitrogens with two attached hydrogens (primary N) is 2. The Morgan fingerprint density at radius 3 is 2.83 bits per heavy atom. The molecule has 0 heterocycles. The van der Waals surface area contributed by atoms with Crippen molar-refractivity contribution in [2.75, 3.05) is 5.73 Å². The molecule has 0 fully saturated rings. The van der Waals surface area contributed by atoms with Crippen LogP contribution in [0.5, 0.6) is 0 Å². The molecule has 2 rings (SSSR count). The summed E-state index contributed by atoms with van der Waals surface area (Å²) in [6.45, 7) is 0. The van der Waals surface area contributed by atoms with E-state index in [1.807, 2.05) is 12.1 Å². The van der Waals surface area contributed by atoms with Crippen molar-refractivity contribution < 1.29 is 0 Å². The van der Waals surface area contributed by atoms with Gasteiger partial charge in [-0.1, -0.05) is 11.6 Å². The van der Waals surface area contributed by atoms with Crippen molar-refractivity contribution in [3.63, 3.8) is 0 Å². The van der Waals surface area contributed by atoms with Crippen LogP contribution in [0.1, 0.15) is 23.6 Å². The van der Waals surface area contributed by atoms with Gasteiger partial charge in [0.1, 0.15) is 0 Å². The van der Waals surface area contributed by atoms with Crippen molar-refractivity contribution in [3.05, 3.63) is 28.3 Å². The van der Waals surface area contributed by atoms with Crippen LogP contribution in [0, 0.1) is 0 Å². The zero-order valence-electron chi connectivity index (χ0n) is 6.68. The molecule has 4 N–H and O–H groups in total. The Balaban J connectivity index is 2.64. The van der Waals surface area contributed by atoms with Crippen molar-refractivity contribution in [2.45, 2.75) is 18.9 Å². The second-order valence-electron chi connectivity index (χ2n) is 3.17. The van der Waals surface area contributed by atoms with E-state index in [2.05, 4.69) is 0 Å². The molecule has 12 heavy (non-hydrogen) atoms. The third-order valence-electron chi connectivity index (χ3n) is 2.41. The molecular formula is C9H11ClN2. The molecule has 1 aromatic carbocycles. The van der Waals surface area contributed by atoms with Gasteiger partial charge in [-0.25, -0.2) is 0 Å². The van der Waals surface area contributed by atoms with Gasteiger partial charge in [-0.2, -0.15) is 0 Å². The molecule has 1 aromatic rings. The zero-order chi connectivity index (χ0) is 8.72. The van der Waals surface area contributed by atoms with E-state index in [0.29, 0.717) is 0 Å². The maximum absolute atomic E-state index is 6.00. The van der Waals surface area contributed by atoms with Crippen molar-refractivity contribution >= 4 is 17.3 Å². The fraction of sp³-hybridized carbons (Fsp3) is 0.333. The van der Waals surface area contributed by atoms with Gasteiger partial charge in [0.25, 0.3) is 0 Å². The number of anilines is 1. The average molecular weight is 183 g/mol. The highest BCUT2D eigenvalue weighted by atomic mass is 35.5. The molecule has 1 aliphatic carbocycles. The molecule has 1 atom stereocenters. The molecule has 2 nitrogen and oxygen atoms in total. The molecule has 1 aliphatic rings. The summed E-state index contributed by atoms with van der Waals surface area (Å²) in [5, 5.41) is 0.798. The summed E-state index contributed by atoms with van der Waals surface area (Å²) in [5.41, 5.74) is 14.6. The predicted octanol–water partition coefficient (Wildman–Crippen LogP) is 1.87. The van der Waals surface area contributed by atoms with Crippen molar-refractivity contribution in [1.82, 2.24) is 0 Å². The first-order valence-corrected chi connectivity index (χ1v) is 4.40. The first-order chi connectivity index (χ1) is 5.70. The van der Waals surface area contributed by atoms with Gasteiger partial charge in [-0.3, -0.25) is 0 Å². The van der Waals surface area contributed by atoms with E-state index in [9.17, 15) is 0 Å². The van der Waals surface area contributed by atoms with Crippen LogP contribution in [0.2, 0.25) is 5.02 Å². The number of hydrogen-bond acceptors (Lipinski definition) is 2. The zero-order valence-corrected chi connectivity index (χ0v) is 7.43. The SMILES string of the molecule is Nc1ccc(Cl)c2c1C(N)CC2. The number of nitrogen functional groups attached to an aromatic ring is 1. The van der Waals surface area contributed by atoms with Crippen LogP contribution in [0.4, 0.5) is 5.69 Å². The Morgan fingerprint density at radius 1 is 1.42 bits per heavy atom. The fourth-order valence-electron chi connectivity index (χ4n) is 1.79. The van der Waals surface area contributed by atoms with E-state index >= 15 is 0 Å². The average Bonchev–Trinajstić information content (AvgIpc) is 2.42. The van der Waals surface area contributed by atoms with Crippen LogP contribution in [-0.4, -0.2) is 0 Å². The van der Waals surface area contributed by atoms with Crippen molar-refractivity contribution in [1.29, 1.82) is 0 Å². The standard InChI is InChI=1S/C9H11ClN2/c10-6-2-4-8(12)9-5(6)1-3-7(9)11/h2,4,7H,1,3,11-12H2. The van der Waals surface area contributed by atoms with E-state index < -0.39 is 0 Å². The quantitative estimate of drug-likeness (QED) is 0.602. The largest absolute Gasteiger partial charge is 0.398 e. The highest BCUT2D eigenvalue weighted by molar-refractivity contribution is 6.31. The van der Waals surface area contributed by atoms with Crippen molar-refractivity contribution in [3.8, 4) is 0 Å². The lowest BCUT2D eigenvalue weighted by Crippen LogP contribution is -2.08. The second kappa shape index (κ2) is 2.64. The van der Waals surface area contributed by atoms with Crippen LogP contribution in [-0.2, 0) is 6.42 Å². The topological polar surface area (TPSA) is 52.0 Å². The highest BCUT2D eigenvalue weighted by Crippen LogP contribution is 2.37. The van der Waals surface area contributed by atoms with Gasteiger partial charge < -0.3 is 11.5 Å². The van der Waals surface area contributed by atoms with Gasteiger partial charge in [-0.05, 0) is 36.1 Å². The minimum Gasteiger partial charge on any atom is -0.398 e. The van der Waals surface area contributed by atoms with E-state index in [1.165, 1.54) is 0 Å². The Hall–Kier alpha value is -0.730. The predicted molar refractivity (Wildman–Crippen MR) is 51.1 cm³/mol. The lowest BCUT2D eigenvalue weighted by Gasteiger charge is -2.08. The minimum absolute atomic E-state index is 0.0821. The Bertz CT molecular complexity index is 323. The summed E-state index contributed by atoms with van der Waals surface area (Å²) in [7, 11) is 0. The lowest BCUT2D eigenvalue weighted by molar-refractivity contribution is 0.715. The molecular weight excluding hydrogens is 172 g/mol. The van der Waals surface area contributed by atoms with E-state index in [-0.39, 0.29) is 6.04 Å². The first kappa shape index (κ1) is 7.90. The molecule has 3 heteroatoms. The molecule has 1 unspecified atom stereocenters. The van der Waals surface area contributed by atoms with E-state index in [0.717, 1.165) is 34.7 Å². The molecule has 0 aliphatic heterocycles. The fourth-order valence-corrected chi connectivity index (χ4v) is 2.05. The third-order valence-corrected chi connectivity index (χ3v) is 2.76. The number of halogens is 1. The number of hydrogen-bond donors (Lipinski definition) is 2. The molecule has 0 saturated heterocycles. The molecule has 64 valence electrons. The number of benzene rings is 1. The summed E-state index contributed by atoms with van der Waals surface area (Å²) < 4.78 is 0. The molecule has 0 bridgehead atoms. The van der Waals surface area contributed by atoms with Crippen LogP contribution in [0.15, 0.2) is 12.1 Å². The van der Waals surface area contributed by atoms with Crippen LogP contribution in [0.3, 0.4) is 0 Å². The molecule has 0 spiro atoms. The third kappa shape index (κ3) is 0.993. The number of fused-ring (bicyclic) bond motifs is 1. The van der Waals surface area contributed by atoms with Gasteiger partial charge in [0, 0.05) is 16.8 Å². The van der Waals surface area contributed by atoms with Gasteiger partial charge >= 0.3 is 0 Å². The monoisotopic (exact) mass is 182 g/mol. The number of rotatable bonds is 0. The van der Waals surface area contributed by atoms with Gasteiger partial charge in [0.2, 0.25) is 0 Å². The van der Waals surface area contributed by atoms with Gasteiger partial charge in [-0.15, -0.1) is 0 Å². The maximum Gasteiger partial charge on any atom is 0.0442 e. The Morgan fingerprint density at radius 2 is 2.17 bits per heavy atom. The van der Waals surface area contributed by atoms with E-state index in [1.54, 1.807) is 0 Å². The summed E-state index contributed by atoms with van der Waals surface area (Å²) in [5.74, 6) is 0. The lowest BCUT2D eigenvalue weighted by atomic mass is 10.1. The Kier molecular flexibility index (Phi) is 1.74. The first-order valence-electron chi connectivity index (χ1n) is 4.02. The molecule has 0 radical (unpaired) electrons. The van der Waals surface area contributed by atoms with Crippen LogP contribution in [0.25, 0.3) is 0 Å². The summed E-state index contributed by atoms with van der Waals surface area (Å²) in [6, 6.07) is 3.75.